The number of allylic oxidation sites excluding steroid dienone is 10. The van der Waals surface area contributed by atoms with Crippen LogP contribution in [0.15, 0.2) is 60.8 Å². The number of hydrogen-bond donors (Lipinski definition) is 1. The molecule has 0 aliphatic rings. The van der Waals surface area contributed by atoms with Gasteiger partial charge in [0.25, 0.3) is 0 Å². The average Bonchev–Trinajstić information content (AvgIpc) is 3.23. The normalized spacial score (nSPS) is 14.0. The first-order chi connectivity index (χ1) is 30.0. The van der Waals surface area contributed by atoms with E-state index in [2.05, 4.69) is 62.5 Å². The Morgan fingerprint density at radius 3 is 1.35 bits per heavy atom. The number of nitrogens with zero attached hydrogens (tertiary/aromatic N) is 1. The number of likely N-dealkylation sites (N-methyl/N-ethyl adjacent to an activating group) is 1. The van der Waals surface area contributed by atoms with E-state index in [1.165, 1.54) is 128 Å². The first-order valence-corrected chi connectivity index (χ1v) is 26.5. The summed E-state index contributed by atoms with van der Waals surface area (Å²) in [4.78, 5) is 35.5. The molecule has 0 amide bonds. The van der Waals surface area contributed by atoms with Gasteiger partial charge in [-0.15, -0.1) is 0 Å². The molecular formula is C52H95NO8P+. The minimum Gasteiger partial charge on any atom is -0.462 e. The van der Waals surface area contributed by atoms with Crippen molar-refractivity contribution in [3.63, 3.8) is 0 Å². The van der Waals surface area contributed by atoms with Crippen LogP contribution in [0.1, 0.15) is 206 Å². The van der Waals surface area contributed by atoms with Crippen LogP contribution in [0.4, 0.5) is 0 Å². The van der Waals surface area contributed by atoms with Crippen molar-refractivity contribution in [3.8, 4) is 0 Å². The minimum atomic E-state index is -4.40. The van der Waals surface area contributed by atoms with Gasteiger partial charge in [0.15, 0.2) is 6.10 Å². The summed E-state index contributed by atoms with van der Waals surface area (Å²) >= 11 is 0. The Morgan fingerprint density at radius 1 is 0.500 bits per heavy atom. The highest BCUT2D eigenvalue weighted by Gasteiger charge is 2.27. The lowest BCUT2D eigenvalue weighted by atomic mass is 10.0. The summed E-state index contributed by atoms with van der Waals surface area (Å²) in [5.41, 5.74) is 0. The van der Waals surface area contributed by atoms with Gasteiger partial charge in [-0.05, 0) is 51.4 Å². The number of quaternary nitrogens is 1. The first kappa shape index (κ1) is 59.7. The van der Waals surface area contributed by atoms with Crippen molar-refractivity contribution in [1.82, 2.24) is 0 Å². The SMILES string of the molecule is CCCCC/C=C\C/C=C\C/C=C\C/C=C\C/C=C\CCC(=O)O[C@H](COC(=O)CCCCCCCCCCCCCCCCCCCCC)COP(=O)(O)OCC[N+](C)(C)C. The third kappa shape index (κ3) is 47.2. The van der Waals surface area contributed by atoms with Gasteiger partial charge in [-0.1, -0.05) is 203 Å². The van der Waals surface area contributed by atoms with E-state index in [9.17, 15) is 19.0 Å². The van der Waals surface area contributed by atoms with Crippen molar-refractivity contribution >= 4 is 19.8 Å². The van der Waals surface area contributed by atoms with Crippen LogP contribution in [-0.4, -0.2) is 74.9 Å². The Labute approximate surface area is 381 Å². The zero-order chi connectivity index (χ0) is 45.7. The number of carbonyl (C=O) groups excluding carboxylic acids is 2. The molecule has 0 aromatic rings. The fourth-order valence-corrected chi connectivity index (χ4v) is 7.39. The molecule has 0 rings (SSSR count). The molecule has 0 aromatic heterocycles. The molecule has 0 aliphatic carbocycles. The van der Waals surface area contributed by atoms with Gasteiger partial charge in [0.1, 0.15) is 19.8 Å². The molecule has 0 saturated heterocycles. The second-order valence-corrected chi connectivity index (χ2v) is 19.3. The molecule has 9 nitrogen and oxygen atoms in total. The van der Waals surface area contributed by atoms with Crippen LogP contribution < -0.4 is 0 Å². The third-order valence-corrected chi connectivity index (χ3v) is 11.5. The molecule has 0 bridgehead atoms. The molecule has 1 unspecified atom stereocenters. The zero-order valence-corrected chi connectivity index (χ0v) is 41.5. The van der Waals surface area contributed by atoms with Gasteiger partial charge in [-0.2, -0.15) is 0 Å². The average molecular weight is 893 g/mol. The smallest absolute Gasteiger partial charge is 0.462 e. The summed E-state index contributed by atoms with van der Waals surface area (Å²) in [5, 5.41) is 0. The van der Waals surface area contributed by atoms with Crippen molar-refractivity contribution < 1.29 is 42.1 Å². The van der Waals surface area contributed by atoms with E-state index in [1.807, 2.05) is 33.3 Å². The van der Waals surface area contributed by atoms with Crippen molar-refractivity contribution in [1.29, 1.82) is 0 Å². The van der Waals surface area contributed by atoms with E-state index in [0.717, 1.165) is 44.9 Å². The van der Waals surface area contributed by atoms with Crippen LogP contribution in [0, 0.1) is 0 Å². The van der Waals surface area contributed by atoms with Crippen LogP contribution in [0.3, 0.4) is 0 Å². The van der Waals surface area contributed by atoms with Gasteiger partial charge in [-0.3, -0.25) is 18.6 Å². The second-order valence-electron chi connectivity index (χ2n) is 17.9. The molecule has 0 saturated carbocycles. The lowest BCUT2D eigenvalue weighted by molar-refractivity contribution is -0.870. The molecule has 2 atom stereocenters. The lowest BCUT2D eigenvalue weighted by Gasteiger charge is -2.24. The maximum atomic E-state index is 12.7. The topological polar surface area (TPSA) is 108 Å². The molecule has 62 heavy (non-hydrogen) atoms. The fraction of sp³-hybridized carbons (Fsp3) is 0.769. The summed E-state index contributed by atoms with van der Waals surface area (Å²) in [6.07, 6.45) is 54.3. The molecule has 0 spiro atoms. The molecule has 0 radical (unpaired) electrons. The molecule has 0 fully saturated rings. The standard InChI is InChI=1S/C52H94NO8P/c1-6-8-10-12-14-16-18-20-22-24-26-28-30-32-34-36-38-40-42-44-51(54)58-48-50(49-60-62(56,57)59-47-46-53(3,4)5)61-52(55)45-43-41-39-37-35-33-31-29-27-25-23-21-19-17-15-13-11-9-7-2/h15,17,21,23,27,29,33,35,39,41,50H,6-14,16,18-20,22,24-26,28,30-32,34,36-38,40,42-49H2,1-5H3/p+1/b17-15-,23-21-,29-27-,35-33-,41-39-/t50-/m1/s1. The molecule has 360 valence electrons. The molecule has 1 N–H and O–H groups in total. The summed E-state index contributed by atoms with van der Waals surface area (Å²) in [6, 6.07) is 0. The second kappa shape index (κ2) is 43.9. The van der Waals surface area contributed by atoms with E-state index in [4.69, 9.17) is 18.5 Å². The van der Waals surface area contributed by atoms with E-state index in [0.29, 0.717) is 17.4 Å². The van der Waals surface area contributed by atoms with Gasteiger partial charge < -0.3 is 18.9 Å². The first-order valence-electron chi connectivity index (χ1n) is 25.0. The van der Waals surface area contributed by atoms with Gasteiger partial charge >= 0.3 is 19.8 Å². The monoisotopic (exact) mass is 893 g/mol. The number of carbonyl (C=O) groups is 2. The van der Waals surface area contributed by atoms with Crippen LogP contribution in [0.25, 0.3) is 0 Å². The predicted molar refractivity (Wildman–Crippen MR) is 261 cm³/mol. The molecular weight excluding hydrogens is 798 g/mol. The minimum absolute atomic E-state index is 0.0174. The van der Waals surface area contributed by atoms with Crippen LogP contribution in [0.2, 0.25) is 0 Å². The largest absolute Gasteiger partial charge is 0.472 e. The maximum absolute atomic E-state index is 12.7. The zero-order valence-electron chi connectivity index (χ0n) is 40.6. The quantitative estimate of drug-likeness (QED) is 0.0212. The van der Waals surface area contributed by atoms with Crippen LogP contribution >= 0.6 is 7.82 Å². The highest BCUT2D eigenvalue weighted by Crippen LogP contribution is 2.43. The lowest BCUT2D eigenvalue weighted by Crippen LogP contribution is -2.37. The molecule has 0 aromatic carbocycles. The third-order valence-electron chi connectivity index (χ3n) is 10.6. The summed E-state index contributed by atoms with van der Waals surface area (Å²) in [5.74, 6) is -0.890. The van der Waals surface area contributed by atoms with Gasteiger partial charge in [0.05, 0.1) is 27.7 Å². The van der Waals surface area contributed by atoms with Gasteiger partial charge in [0, 0.05) is 12.8 Å². The molecule has 10 heteroatoms. The Kier molecular flexibility index (Phi) is 42.3. The molecule has 0 aliphatic heterocycles. The number of ether oxygens (including phenoxy) is 2. The Bertz CT molecular complexity index is 1240. The summed E-state index contributed by atoms with van der Waals surface area (Å²) in [7, 11) is 1.43. The summed E-state index contributed by atoms with van der Waals surface area (Å²) < 4.78 is 34.3. The number of phosphoric ester groups is 1. The fourth-order valence-electron chi connectivity index (χ4n) is 6.64. The van der Waals surface area contributed by atoms with Crippen LogP contribution in [0.5, 0.6) is 0 Å². The highest BCUT2D eigenvalue weighted by molar-refractivity contribution is 7.47. The van der Waals surface area contributed by atoms with Gasteiger partial charge in [-0.25, -0.2) is 4.57 Å². The number of rotatable bonds is 45. The number of esters is 2. The van der Waals surface area contributed by atoms with Gasteiger partial charge in [0.2, 0.25) is 0 Å². The van der Waals surface area contributed by atoms with E-state index in [1.54, 1.807) is 0 Å². The van der Waals surface area contributed by atoms with Crippen molar-refractivity contribution in [3.05, 3.63) is 60.8 Å². The Morgan fingerprint density at radius 2 is 0.903 bits per heavy atom. The Balaban J connectivity index is 4.38. The molecule has 0 heterocycles. The number of hydrogen-bond acceptors (Lipinski definition) is 7. The number of phosphoric acid groups is 1. The summed E-state index contributed by atoms with van der Waals surface area (Å²) in [6.45, 7) is 4.33. The van der Waals surface area contributed by atoms with Crippen molar-refractivity contribution in [2.45, 2.75) is 213 Å². The maximum Gasteiger partial charge on any atom is 0.472 e. The van der Waals surface area contributed by atoms with E-state index < -0.39 is 26.5 Å². The van der Waals surface area contributed by atoms with Crippen molar-refractivity contribution in [2.75, 3.05) is 47.5 Å². The van der Waals surface area contributed by atoms with E-state index in [-0.39, 0.29) is 32.0 Å². The number of unbranched alkanes of at least 4 members (excludes halogenated alkanes) is 21. The highest BCUT2D eigenvalue weighted by atomic mass is 31.2. The Hall–Kier alpha value is -2.29. The van der Waals surface area contributed by atoms with E-state index >= 15 is 0 Å². The van der Waals surface area contributed by atoms with Crippen molar-refractivity contribution in [2.24, 2.45) is 0 Å². The van der Waals surface area contributed by atoms with Crippen LogP contribution in [-0.2, 0) is 32.7 Å². The predicted octanol–water partition coefficient (Wildman–Crippen LogP) is 14.8.